The summed E-state index contributed by atoms with van der Waals surface area (Å²) >= 11 is 0. The van der Waals surface area contributed by atoms with Crippen molar-refractivity contribution in [2.75, 3.05) is 19.7 Å². The lowest BCUT2D eigenvalue weighted by atomic mass is 10.2. The molecule has 2 N–H and O–H groups in total. The van der Waals surface area contributed by atoms with Crippen LogP contribution in [0.2, 0.25) is 0 Å². The molecule has 1 unspecified atom stereocenters. The van der Waals surface area contributed by atoms with Crippen LogP contribution in [-0.2, 0) is 11.3 Å². The lowest BCUT2D eigenvalue weighted by Gasteiger charge is -2.15. The summed E-state index contributed by atoms with van der Waals surface area (Å²) in [6.07, 6.45) is 5.58. The maximum absolute atomic E-state index is 14.3. The average molecular weight is 500 g/mol. The monoisotopic (exact) mass is 500 g/mol. The SMILES string of the molecule is CCNC(=NCc1ccc(Oc2cccnc2)c(F)c1)NCC1CCCO1.I. The molecular formula is C20H26FIN4O2. The van der Waals surface area contributed by atoms with Crippen LogP contribution >= 0.6 is 24.0 Å². The van der Waals surface area contributed by atoms with Crippen molar-refractivity contribution in [3.05, 3.63) is 54.1 Å². The Hall–Kier alpha value is -1.94. The summed E-state index contributed by atoms with van der Waals surface area (Å²) in [5.41, 5.74) is 0.764. The molecule has 0 spiro atoms. The number of guanidine groups is 1. The number of hydrogen-bond donors (Lipinski definition) is 2. The first-order chi connectivity index (χ1) is 13.2. The van der Waals surface area contributed by atoms with Gasteiger partial charge in [0.15, 0.2) is 17.5 Å². The average Bonchev–Trinajstić information content (AvgIpc) is 3.20. The fourth-order valence-electron chi connectivity index (χ4n) is 2.79. The fraction of sp³-hybridized carbons (Fsp3) is 0.400. The first-order valence-corrected chi connectivity index (χ1v) is 9.24. The van der Waals surface area contributed by atoms with E-state index in [1.54, 1.807) is 30.6 Å². The van der Waals surface area contributed by atoms with Crippen molar-refractivity contribution in [1.82, 2.24) is 15.6 Å². The third-order valence-corrected chi connectivity index (χ3v) is 4.14. The molecule has 1 atom stereocenters. The second kappa shape index (κ2) is 11.8. The van der Waals surface area contributed by atoms with Gasteiger partial charge in [-0.2, -0.15) is 0 Å². The molecule has 0 bridgehead atoms. The van der Waals surface area contributed by atoms with Crippen molar-refractivity contribution in [1.29, 1.82) is 0 Å². The molecule has 0 saturated carbocycles. The van der Waals surface area contributed by atoms with Gasteiger partial charge in [0, 0.05) is 25.9 Å². The standard InChI is InChI=1S/C20H25FN4O2.HI/c1-2-23-20(25-14-16-6-4-10-26-16)24-12-15-7-8-19(18(21)11-15)27-17-5-3-9-22-13-17;/h3,5,7-9,11,13,16H,2,4,6,10,12,14H2,1H3,(H2,23,24,25);1H. The third kappa shape index (κ3) is 6.90. The topological polar surface area (TPSA) is 67.8 Å². The molecule has 1 saturated heterocycles. The largest absolute Gasteiger partial charge is 0.453 e. The van der Waals surface area contributed by atoms with Crippen LogP contribution in [0.15, 0.2) is 47.7 Å². The Morgan fingerprint density at radius 3 is 2.93 bits per heavy atom. The normalized spacial score (nSPS) is 16.4. The molecule has 8 heteroatoms. The van der Waals surface area contributed by atoms with E-state index >= 15 is 0 Å². The van der Waals surface area contributed by atoms with Gasteiger partial charge in [-0.1, -0.05) is 6.07 Å². The molecule has 0 radical (unpaired) electrons. The van der Waals surface area contributed by atoms with Gasteiger partial charge in [-0.15, -0.1) is 24.0 Å². The summed E-state index contributed by atoms with van der Waals surface area (Å²) in [6, 6.07) is 8.33. The van der Waals surface area contributed by atoms with Crippen LogP contribution in [0, 0.1) is 5.82 Å². The molecule has 2 heterocycles. The fourth-order valence-corrected chi connectivity index (χ4v) is 2.79. The number of aliphatic imine (C=N–C) groups is 1. The maximum Gasteiger partial charge on any atom is 0.191 e. The molecule has 0 aliphatic carbocycles. The first kappa shape index (κ1) is 22.4. The highest BCUT2D eigenvalue weighted by atomic mass is 127. The summed E-state index contributed by atoms with van der Waals surface area (Å²) in [4.78, 5) is 8.47. The Morgan fingerprint density at radius 2 is 2.25 bits per heavy atom. The predicted octanol–water partition coefficient (Wildman–Crippen LogP) is 3.87. The van der Waals surface area contributed by atoms with Gasteiger partial charge in [0.1, 0.15) is 5.75 Å². The Morgan fingerprint density at radius 1 is 1.36 bits per heavy atom. The summed E-state index contributed by atoms with van der Waals surface area (Å²) in [5, 5.41) is 6.47. The zero-order valence-corrected chi connectivity index (χ0v) is 18.2. The number of nitrogens with one attached hydrogen (secondary N) is 2. The van der Waals surface area contributed by atoms with Gasteiger partial charge >= 0.3 is 0 Å². The van der Waals surface area contributed by atoms with Crippen molar-refractivity contribution in [3.63, 3.8) is 0 Å². The van der Waals surface area contributed by atoms with Gasteiger partial charge in [-0.3, -0.25) is 4.98 Å². The minimum Gasteiger partial charge on any atom is -0.453 e. The highest BCUT2D eigenvalue weighted by molar-refractivity contribution is 14.0. The van der Waals surface area contributed by atoms with E-state index in [4.69, 9.17) is 9.47 Å². The van der Waals surface area contributed by atoms with Crippen LogP contribution in [0.5, 0.6) is 11.5 Å². The number of pyridine rings is 1. The van der Waals surface area contributed by atoms with Gasteiger partial charge in [0.25, 0.3) is 0 Å². The number of nitrogens with zero attached hydrogens (tertiary/aromatic N) is 2. The number of halogens is 2. The second-order valence-corrected chi connectivity index (χ2v) is 6.27. The summed E-state index contributed by atoms with van der Waals surface area (Å²) in [6.45, 7) is 4.67. The molecule has 1 aromatic heterocycles. The van der Waals surface area contributed by atoms with Crippen molar-refractivity contribution < 1.29 is 13.9 Å². The Kier molecular flexibility index (Phi) is 9.42. The molecule has 1 aliphatic rings. The zero-order chi connectivity index (χ0) is 18.9. The molecule has 0 amide bonds. The molecule has 28 heavy (non-hydrogen) atoms. The molecule has 2 aromatic rings. The van der Waals surface area contributed by atoms with E-state index in [1.165, 1.54) is 6.07 Å². The quantitative estimate of drug-likeness (QED) is 0.344. The van der Waals surface area contributed by atoms with Crippen LogP contribution in [-0.4, -0.2) is 36.7 Å². The van der Waals surface area contributed by atoms with Crippen LogP contribution in [0.4, 0.5) is 4.39 Å². The Balaban J connectivity index is 0.00000280. The number of aromatic nitrogens is 1. The predicted molar refractivity (Wildman–Crippen MR) is 118 cm³/mol. The molecule has 1 fully saturated rings. The summed E-state index contributed by atoms with van der Waals surface area (Å²) in [5.74, 6) is 0.932. The van der Waals surface area contributed by atoms with E-state index in [-0.39, 0.29) is 35.8 Å². The van der Waals surface area contributed by atoms with Crippen LogP contribution in [0.25, 0.3) is 0 Å². The second-order valence-electron chi connectivity index (χ2n) is 6.27. The molecule has 6 nitrogen and oxygen atoms in total. The van der Waals surface area contributed by atoms with Crippen molar-refractivity contribution >= 4 is 29.9 Å². The van der Waals surface area contributed by atoms with Crippen LogP contribution in [0.1, 0.15) is 25.3 Å². The van der Waals surface area contributed by atoms with Gasteiger partial charge in [0.2, 0.25) is 0 Å². The van der Waals surface area contributed by atoms with Gasteiger partial charge in [-0.25, -0.2) is 9.38 Å². The maximum atomic E-state index is 14.3. The van der Waals surface area contributed by atoms with E-state index in [1.807, 2.05) is 13.0 Å². The Bertz CT molecular complexity index is 755. The lowest BCUT2D eigenvalue weighted by molar-refractivity contribution is 0.114. The Labute approximate surface area is 182 Å². The van der Waals surface area contributed by atoms with E-state index in [0.29, 0.717) is 18.3 Å². The highest BCUT2D eigenvalue weighted by Crippen LogP contribution is 2.24. The van der Waals surface area contributed by atoms with Crippen molar-refractivity contribution in [3.8, 4) is 11.5 Å². The van der Waals surface area contributed by atoms with Crippen molar-refractivity contribution in [2.24, 2.45) is 4.99 Å². The highest BCUT2D eigenvalue weighted by Gasteiger charge is 2.15. The minimum atomic E-state index is -0.427. The molecular weight excluding hydrogens is 474 g/mol. The lowest BCUT2D eigenvalue weighted by Crippen LogP contribution is -2.41. The summed E-state index contributed by atoms with van der Waals surface area (Å²) in [7, 11) is 0. The third-order valence-electron chi connectivity index (χ3n) is 4.14. The van der Waals surface area contributed by atoms with Crippen LogP contribution < -0.4 is 15.4 Å². The van der Waals surface area contributed by atoms with Gasteiger partial charge in [-0.05, 0) is 49.6 Å². The molecule has 152 valence electrons. The number of hydrogen-bond acceptors (Lipinski definition) is 4. The first-order valence-electron chi connectivity index (χ1n) is 9.24. The van der Waals surface area contributed by atoms with E-state index in [0.717, 1.165) is 38.1 Å². The zero-order valence-electron chi connectivity index (χ0n) is 15.9. The molecule has 1 aliphatic heterocycles. The van der Waals surface area contributed by atoms with Gasteiger partial charge in [0.05, 0.1) is 18.8 Å². The van der Waals surface area contributed by atoms with Gasteiger partial charge < -0.3 is 20.1 Å². The van der Waals surface area contributed by atoms with Crippen LogP contribution in [0.3, 0.4) is 0 Å². The molecule has 1 aromatic carbocycles. The number of ether oxygens (including phenoxy) is 2. The number of rotatable bonds is 7. The minimum absolute atomic E-state index is 0. The molecule has 3 rings (SSSR count). The summed E-state index contributed by atoms with van der Waals surface area (Å²) < 4.78 is 25.4. The van der Waals surface area contributed by atoms with E-state index in [2.05, 4.69) is 20.6 Å². The smallest absolute Gasteiger partial charge is 0.191 e. The van der Waals surface area contributed by atoms with Crippen molar-refractivity contribution in [2.45, 2.75) is 32.4 Å². The number of benzene rings is 1. The van der Waals surface area contributed by atoms with E-state index < -0.39 is 5.82 Å². The van der Waals surface area contributed by atoms with E-state index in [9.17, 15) is 4.39 Å².